The Hall–Kier alpha value is -1.78. The molecule has 0 bridgehead atoms. The van der Waals surface area contributed by atoms with Gasteiger partial charge in [0.1, 0.15) is 16.6 Å². The van der Waals surface area contributed by atoms with Crippen LogP contribution in [0.25, 0.3) is 0 Å². The number of rotatable bonds is 4. The lowest BCUT2D eigenvalue weighted by molar-refractivity contribution is -0.118. The Balaban J connectivity index is 1.92. The van der Waals surface area contributed by atoms with Gasteiger partial charge in [0.15, 0.2) is 6.61 Å². The molecule has 0 radical (unpaired) electrons. The quantitative estimate of drug-likeness (QED) is 0.920. The molecule has 104 valence electrons. The molecule has 0 aliphatic rings. The highest BCUT2D eigenvalue weighted by Crippen LogP contribution is 2.31. The van der Waals surface area contributed by atoms with Crippen molar-refractivity contribution in [2.75, 3.05) is 11.9 Å². The summed E-state index contributed by atoms with van der Waals surface area (Å²) in [4.78, 5) is 11.7. The van der Waals surface area contributed by atoms with Gasteiger partial charge in [-0.15, -0.1) is 0 Å². The number of hydrogen-bond acceptors (Lipinski definition) is 2. The molecule has 0 aromatic heterocycles. The summed E-state index contributed by atoms with van der Waals surface area (Å²) >= 11 is 11.7. The van der Waals surface area contributed by atoms with Crippen molar-refractivity contribution in [2.24, 2.45) is 0 Å². The second-order valence-electron chi connectivity index (χ2n) is 3.90. The van der Waals surface area contributed by atoms with E-state index in [1.54, 1.807) is 18.2 Å². The largest absolute Gasteiger partial charge is 0.482 e. The SMILES string of the molecule is O=C(COc1cccc(Cl)c1Cl)Nc1ccc(F)cc1. The molecule has 3 nitrogen and oxygen atoms in total. The van der Waals surface area contributed by atoms with Gasteiger partial charge >= 0.3 is 0 Å². The first kappa shape index (κ1) is 14.6. The number of ether oxygens (including phenoxy) is 1. The van der Waals surface area contributed by atoms with E-state index in [4.69, 9.17) is 27.9 Å². The van der Waals surface area contributed by atoms with Crippen molar-refractivity contribution >= 4 is 34.8 Å². The summed E-state index contributed by atoms with van der Waals surface area (Å²) < 4.78 is 18.0. The minimum absolute atomic E-state index is 0.225. The monoisotopic (exact) mass is 313 g/mol. The molecule has 0 fully saturated rings. The van der Waals surface area contributed by atoms with E-state index in [1.165, 1.54) is 24.3 Å². The van der Waals surface area contributed by atoms with Gasteiger partial charge in [-0.25, -0.2) is 4.39 Å². The van der Waals surface area contributed by atoms with Crippen molar-refractivity contribution in [2.45, 2.75) is 0 Å². The van der Waals surface area contributed by atoms with E-state index < -0.39 is 0 Å². The van der Waals surface area contributed by atoms with Crippen LogP contribution in [0.3, 0.4) is 0 Å². The minimum atomic E-state index is -0.382. The molecule has 1 N–H and O–H groups in total. The fraction of sp³-hybridized carbons (Fsp3) is 0.0714. The summed E-state index contributed by atoms with van der Waals surface area (Å²) in [7, 11) is 0. The van der Waals surface area contributed by atoms with Gasteiger partial charge in [-0.3, -0.25) is 4.79 Å². The number of hydrogen-bond donors (Lipinski definition) is 1. The van der Waals surface area contributed by atoms with Crippen molar-refractivity contribution < 1.29 is 13.9 Å². The molecule has 0 spiro atoms. The Bertz CT molecular complexity index is 617. The summed E-state index contributed by atoms with van der Waals surface area (Å²) in [6.45, 7) is -0.225. The summed E-state index contributed by atoms with van der Waals surface area (Å²) in [5.41, 5.74) is 0.484. The Morgan fingerprint density at radius 1 is 1.15 bits per heavy atom. The maximum absolute atomic E-state index is 12.7. The zero-order valence-electron chi connectivity index (χ0n) is 10.2. The lowest BCUT2D eigenvalue weighted by atomic mass is 10.3. The van der Waals surface area contributed by atoms with E-state index in [-0.39, 0.29) is 23.4 Å². The van der Waals surface area contributed by atoms with Gasteiger partial charge in [-0.1, -0.05) is 29.3 Å². The zero-order valence-corrected chi connectivity index (χ0v) is 11.7. The summed E-state index contributed by atoms with van der Waals surface area (Å²) in [6, 6.07) is 10.3. The van der Waals surface area contributed by atoms with Crippen LogP contribution >= 0.6 is 23.2 Å². The fourth-order valence-electron chi connectivity index (χ4n) is 1.47. The average Bonchev–Trinajstić information content (AvgIpc) is 2.43. The Labute approximate surface area is 125 Å². The average molecular weight is 314 g/mol. The Morgan fingerprint density at radius 3 is 2.55 bits per heavy atom. The van der Waals surface area contributed by atoms with E-state index in [1.807, 2.05) is 0 Å². The molecular formula is C14H10Cl2FNO2. The molecule has 6 heteroatoms. The van der Waals surface area contributed by atoms with Crippen LogP contribution in [0, 0.1) is 5.82 Å². The van der Waals surface area contributed by atoms with E-state index in [0.29, 0.717) is 16.5 Å². The van der Waals surface area contributed by atoms with Crippen LogP contribution in [0.5, 0.6) is 5.75 Å². The number of nitrogens with one attached hydrogen (secondary N) is 1. The van der Waals surface area contributed by atoms with Crippen LogP contribution in [0.2, 0.25) is 10.0 Å². The fourth-order valence-corrected chi connectivity index (χ4v) is 1.82. The van der Waals surface area contributed by atoms with Gasteiger partial charge in [0.2, 0.25) is 0 Å². The van der Waals surface area contributed by atoms with Crippen molar-refractivity contribution in [3.8, 4) is 5.75 Å². The molecular weight excluding hydrogens is 304 g/mol. The van der Waals surface area contributed by atoms with Crippen LogP contribution in [-0.4, -0.2) is 12.5 Å². The smallest absolute Gasteiger partial charge is 0.262 e. The van der Waals surface area contributed by atoms with Crippen molar-refractivity contribution in [1.82, 2.24) is 0 Å². The molecule has 0 saturated heterocycles. The first-order chi connectivity index (χ1) is 9.56. The maximum Gasteiger partial charge on any atom is 0.262 e. The molecule has 20 heavy (non-hydrogen) atoms. The summed E-state index contributed by atoms with van der Waals surface area (Å²) in [5, 5.41) is 3.17. The first-order valence-corrected chi connectivity index (χ1v) is 6.44. The highest BCUT2D eigenvalue weighted by molar-refractivity contribution is 6.42. The molecule has 0 saturated carbocycles. The second kappa shape index (κ2) is 6.59. The number of halogens is 3. The molecule has 1 amide bonds. The van der Waals surface area contributed by atoms with Crippen LogP contribution in [0.4, 0.5) is 10.1 Å². The second-order valence-corrected chi connectivity index (χ2v) is 4.68. The first-order valence-electron chi connectivity index (χ1n) is 5.68. The molecule has 0 aliphatic carbocycles. The summed E-state index contributed by atoms with van der Waals surface area (Å²) in [5.74, 6) is -0.425. The molecule has 0 aliphatic heterocycles. The number of amides is 1. The third kappa shape index (κ3) is 3.85. The predicted octanol–water partition coefficient (Wildman–Crippen LogP) is 4.15. The van der Waals surface area contributed by atoms with E-state index in [9.17, 15) is 9.18 Å². The van der Waals surface area contributed by atoms with Crippen molar-refractivity contribution in [3.05, 3.63) is 58.3 Å². The standard InChI is InChI=1S/C14H10Cl2FNO2/c15-11-2-1-3-12(14(11)16)20-8-13(19)18-10-6-4-9(17)5-7-10/h1-7H,8H2,(H,18,19). The summed E-state index contributed by atoms with van der Waals surface area (Å²) in [6.07, 6.45) is 0. The normalized spacial score (nSPS) is 10.2. The third-order valence-corrected chi connectivity index (χ3v) is 3.20. The van der Waals surface area contributed by atoms with Gasteiger partial charge in [-0.2, -0.15) is 0 Å². The molecule has 0 heterocycles. The van der Waals surface area contributed by atoms with E-state index in [0.717, 1.165) is 0 Å². The number of anilines is 1. The van der Waals surface area contributed by atoms with Crippen LogP contribution in [0.1, 0.15) is 0 Å². The molecule has 0 atom stereocenters. The molecule has 2 aromatic rings. The topological polar surface area (TPSA) is 38.3 Å². The van der Waals surface area contributed by atoms with Crippen LogP contribution in [0.15, 0.2) is 42.5 Å². The number of carbonyl (C=O) groups excluding carboxylic acids is 1. The third-order valence-electron chi connectivity index (χ3n) is 2.40. The zero-order chi connectivity index (χ0) is 14.5. The lowest BCUT2D eigenvalue weighted by Crippen LogP contribution is -2.20. The molecule has 2 aromatic carbocycles. The number of benzene rings is 2. The van der Waals surface area contributed by atoms with E-state index in [2.05, 4.69) is 5.32 Å². The van der Waals surface area contributed by atoms with Gasteiger partial charge in [-0.05, 0) is 36.4 Å². The highest BCUT2D eigenvalue weighted by Gasteiger charge is 2.08. The number of carbonyl (C=O) groups is 1. The van der Waals surface area contributed by atoms with Gasteiger partial charge in [0.25, 0.3) is 5.91 Å². The molecule has 0 unspecified atom stereocenters. The minimum Gasteiger partial charge on any atom is -0.482 e. The highest BCUT2D eigenvalue weighted by atomic mass is 35.5. The van der Waals surface area contributed by atoms with Gasteiger partial charge in [0, 0.05) is 5.69 Å². The lowest BCUT2D eigenvalue weighted by Gasteiger charge is -2.09. The Kier molecular flexibility index (Phi) is 4.82. The predicted molar refractivity (Wildman–Crippen MR) is 77.0 cm³/mol. The van der Waals surface area contributed by atoms with Gasteiger partial charge < -0.3 is 10.1 Å². The van der Waals surface area contributed by atoms with Crippen LogP contribution in [-0.2, 0) is 4.79 Å². The Morgan fingerprint density at radius 2 is 1.85 bits per heavy atom. The van der Waals surface area contributed by atoms with Crippen LogP contribution < -0.4 is 10.1 Å². The molecule has 2 rings (SSSR count). The van der Waals surface area contributed by atoms with Crippen molar-refractivity contribution in [1.29, 1.82) is 0 Å². The van der Waals surface area contributed by atoms with Gasteiger partial charge in [0.05, 0.1) is 5.02 Å². The van der Waals surface area contributed by atoms with E-state index >= 15 is 0 Å². The van der Waals surface area contributed by atoms with Crippen molar-refractivity contribution in [3.63, 3.8) is 0 Å². The maximum atomic E-state index is 12.7.